The SMILES string of the molecule is CC[C@@]1(O)C(=O)OCc2c1cc1n(c2=O)Cc2c-1nc1cc(F)c(C)c3c1c2[C@@H](NC(=O)O[C@H](CNC(=O)CC[C@H](N)C(=O)NCC(=O)N(C)CC(=O)NCC(=O)N(C)CC(=O)NCC(=O)N(C)CC(=O)NCC(=O)N(C)CC(=O)NCC(=O)N(C)CC(N)=O)c1ccc(NC(=O)[C@H](C)NC(=O)[C@@H](NC(C)=O)C(C)C)cc1)CC3. The quantitative estimate of drug-likeness (QED) is 0.0167. The first kappa shape index (κ1) is 88.7. The minimum atomic E-state index is -2.14. The van der Waals surface area contributed by atoms with Crippen LogP contribution in [0.5, 0.6) is 0 Å². The predicted octanol–water partition coefficient (Wildman–Crippen LogP) is -4.83. The van der Waals surface area contributed by atoms with Crippen LogP contribution in [0.3, 0.4) is 0 Å². The number of primary amides is 1. The number of halogens is 1. The van der Waals surface area contributed by atoms with Crippen LogP contribution >= 0.6 is 0 Å². The zero-order chi connectivity index (χ0) is 84.5. The molecule has 40 nitrogen and oxygen atoms in total. The fourth-order valence-electron chi connectivity index (χ4n) is 12.5. The molecule has 4 heterocycles. The molecule has 7 rings (SSSR count). The molecule has 616 valence electrons. The Kier molecular flexibility index (Phi) is 30.4. The first-order valence-electron chi connectivity index (χ1n) is 36.2. The number of nitrogens with zero attached hydrogens (tertiary/aromatic N) is 7. The fraction of sp³-hybridized carbons (Fsp3) is 0.493. The van der Waals surface area contributed by atoms with Gasteiger partial charge in [0.2, 0.25) is 88.6 Å². The first-order valence-corrected chi connectivity index (χ1v) is 36.2. The molecule has 1 aliphatic carbocycles. The number of rotatable bonds is 36. The van der Waals surface area contributed by atoms with Gasteiger partial charge in [0.05, 0.1) is 113 Å². The van der Waals surface area contributed by atoms with Crippen LogP contribution in [-0.4, -0.2) is 265 Å². The fourth-order valence-corrected chi connectivity index (χ4v) is 12.5. The maximum atomic E-state index is 15.8. The van der Waals surface area contributed by atoms with Gasteiger partial charge in [-0.25, -0.2) is 19.0 Å². The largest absolute Gasteiger partial charge is 0.458 e. The van der Waals surface area contributed by atoms with E-state index in [2.05, 4.69) is 53.2 Å². The van der Waals surface area contributed by atoms with Crippen molar-refractivity contribution in [2.45, 2.75) is 123 Å². The molecule has 0 saturated heterocycles. The normalized spacial score (nSPS) is 15.2. The number of pyridine rings is 2. The Morgan fingerprint density at radius 1 is 0.675 bits per heavy atom. The molecule has 0 bridgehead atoms. The van der Waals surface area contributed by atoms with Crippen molar-refractivity contribution in [3.8, 4) is 11.4 Å². The van der Waals surface area contributed by atoms with Crippen molar-refractivity contribution in [1.82, 2.24) is 81.9 Å². The summed E-state index contributed by atoms with van der Waals surface area (Å²) in [4.78, 5) is 241. The minimum absolute atomic E-state index is 0.0556. The van der Waals surface area contributed by atoms with E-state index in [0.717, 1.165) is 24.5 Å². The van der Waals surface area contributed by atoms with Crippen molar-refractivity contribution < 1.29 is 100 Å². The van der Waals surface area contributed by atoms with E-state index in [0.29, 0.717) is 33.2 Å². The molecule has 4 aromatic rings. The number of alkyl carbamates (subject to hydrolysis) is 1. The van der Waals surface area contributed by atoms with Gasteiger partial charge in [0.25, 0.3) is 5.56 Å². The highest BCUT2D eigenvalue weighted by Crippen LogP contribution is 2.46. The summed E-state index contributed by atoms with van der Waals surface area (Å²) in [5.41, 5.74) is 11.9. The molecule has 2 aromatic carbocycles. The summed E-state index contributed by atoms with van der Waals surface area (Å²) in [6.45, 7) is 2.98. The molecular formula is C73H96FN19O21. The van der Waals surface area contributed by atoms with Crippen LogP contribution in [0.4, 0.5) is 14.9 Å². The number of hydrogen-bond acceptors (Lipinski definition) is 23. The van der Waals surface area contributed by atoms with Crippen LogP contribution in [0.15, 0.2) is 41.2 Å². The number of amides is 16. The lowest BCUT2D eigenvalue weighted by atomic mass is 9.81. The zero-order valence-corrected chi connectivity index (χ0v) is 64.9. The number of aliphatic hydroxyl groups is 1. The number of carbonyl (C=O) groups excluding carboxylic acids is 17. The van der Waals surface area contributed by atoms with Crippen molar-refractivity contribution in [1.29, 1.82) is 0 Å². The molecule has 0 radical (unpaired) electrons. The summed E-state index contributed by atoms with van der Waals surface area (Å²) in [7, 11) is 6.26. The third kappa shape index (κ3) is 22.8. The molecule has 114 heavy (non-hydrogen) atoms. The maximum Gasteiger partial charge on any atom is 0.408 e. The average molecular weight is 1590 g/mol. The lowest BCUT2D eigenvalue weighted by Gasteiger charge is -2.31. The Bertz CT molecular complexity index is 4550. The molecule has 16 amide bonds. The van der Waals surface area contributed by atoms with Gasteiger partial charge in [-0.3, -0.25) is 76.7 Å². The second kappa shape index (κ2) is 39.1. The smallest absolute Gasteiger partial charge is 0.408 e. The molecule has 0 saturated carbocycles. The van der Waals surface area contributed by atoms with Gasteiger partial charge in [-0.15, -0.1) is 0 Å². The van der Waals surface area contributed by atoms with Crippen LogP contribution in [0.1, 0.15) is 111 Å². The van der Waals surface area contributed by atoms with E-state index in [4.69, 9.17) is 25.9 Å². The molecule has 41 heteroatoms. The summed E-state index contributed by atoms with van der Waals surface area (Å²) in [6, 6.07) is 4.48. The zero-order valence-electron chi connectivity index (χ0n) is 64.9. The molecule has 2 aliphatic heterocycles. The number of benzene rings is 2. The van der Waals surface area contributed by atoms with Gasteiger partial charge in [0.15, 0.2) is 5.60 Å². The number of hydrogen-bond donors (Lipinski definition) is 13. The maximum absolute atomic E-state index is 15.8. The summed E-state index contributed by atoms with van der Waals surface area (Å²) in [5, 5.41) is 37.1. The van der Waals surface area contributed by atoms with Crippen molar-refractivity contribution in [2.75, 3.05) is 113 Å². The van der Waals surface area contributed by atoms with E-state index in [1.54, 1.807) is 27.7 Å². The highest BCUT2D eigenvalue weighted by atomic mass is 19.1. The summed E-state index contributed by atoms with van der Waals surface area (Å²) in [5.74, 6) is -12.4. The number of anilines is 1. The third-order valence-electron chi connectivity index (χ3n) is 19.2. The number of ether oxygens (including phenoxy) is 2. The van der Waals surface area contributed by atoms with Gasteiger partial charge in [0.1, 0.15) is 30.6 Å². The van der Waals surface area contributed by atoms with Gasteiger partial charge < -0.3 is 108 Å². The molecule has 0 unspecified atom stereocenters. The summed E-state index contributed by atoms with van der Waals surface area (Å²) >= 11 is 0. The van der Waals surface area contributed by atoms with Crippen molar-refractivity contribution in [3.63, 3.8) is 0 Å². The Morgan fingerprint density at radius 3 is 1.68 bits per heavy atom. The highest BCUT2D eigenvalue weighted by molar-refractivity contribution is 5.99. The highest BCUT2D eigenvalue weighted by Gasteiger charge is 2.46. The van der Waals surface area contributed by atoms with Crippen LogP contribution < -0.4 is 70.2 Å². The second-order valence-electron chi connectivity index (χ2n) is 28.2. The number of cyclic esters (lactones) is 1. The predicted molar refractivity (Wildman–Crippen MR) is 400 cm³/mol. The lowest BCUT2D eigenvalue weighted by molar-refractivity contribution is -0.172. The standard InChI is InChI=1S/C73H96FN19O21/c1-12-73(112)45-21-50-66-43(29-93(50)70(109)44(45)35-113-71(73)110)64-48(19-17-42-37(4)46(74)22-49(86-66)63(42)64)87-72(111)114-51(40-13-15-41(16-14-40)85-67(106)38(5)83-69(108)65(36(2)3)84-39(6)94)23-77-53(96)20-18-47(75)68(107)82-28-62(105)92(11)34-57(100)81-27-61(104)91(10)33-56(99)80-26-60(103)90(9)32-55(98)79-25-59(102)89(8)31-54(97)78-24-58(101)88(7)30-52(76)95/h13-16,21-22,36,38,47-48,51,65,112H,12,17-20,23-35,75H2,1-11H3,(H2,76,95)(H,77,96)(H,78,97)(H,79,98)(H,80,99)(H,81,100)(H,82,107)(H,83,108)(H,84,94)(H,85,106)(H,87,111)/t38-,47-,48-,51+,65-,73-/m0/s1. The van der Waals surface area contributed by atoms with Gasteiger partial charge in [-0.1, -0.05) is 32.9 Å². The molecule has 0 spiro atoms. The van der Waals surface area contributed by atoms with Gasteiger partial charge in [0, 0.05) is 76.8 Å². The van der Waals surface area contributed by atoms with Crippen molar-refractivity contribution >= 4 is 117 Å². The Balaban J connectivity index is 0.892. The van der Waals surface area contributed by atoms with E-state index in [1.807, 2.05) is 0 Å². The van der Waals surface area contributed by atoms with Gasteiger partial charge in [-0.2, -0.15) is 0 Å². The number of fused-ring (bicyclic) bond motifs is 5. The number of likely N-dealkylation sites (N-methyl/N-ethyl adjacent to an activating group) is 5. The van der Waals surface area contributed by atoms with E-state index < -0.39 is 220 Å². The molecule has 2 aromatic heterocycles. The number of aromatic nitrogens is 2. The van der Waals surface area contributed by atoms with Crippen LogP contribution in [-0.2, 0) is 111 Å². The van der Waals surface area contributed by atoms with E-state index in [-0.39, 0.29) is 84.8 Å². The van der Waals surface area contributed by atoms with Crippen LogP contribution in [0.25, 0.3) is 22.3 Å². The molecule has 0 fully saturated rings. The Labute approximate surface area is 652 Å². The number of carbonyl (C=O) groups is 17. The number of esters is 1. The third-order valence-corrected chi connectivity index (χ3v) is 19.2. The lowest BCUT2D eigenvalue weighted by Crippen LogP contribution is -2.53. The van der Waals surface area contributed by atoms with Crippen molar-refractivity contribution in [2.24, 2.45) is 17.4 Å². The van der Waals surface area contributed by atoms with E-state index >= 15 is 4.39 Å². The number of aryl methyl sites for hydroxylation is 1. The minimum Gasteiger partial charge on any atom is -0.458 e. The summed E-state index contributed by atoms with van der Waals surface area (Å²) < 4.78 is 28.5. The van der Waals surface area contributed by atoms with E-state index in [9.17, 15) is 91.4 Å². The first-order chi connectivity index (χ1) is 53.6. The topological polar surface area (TPSA) is 552 Å². The van der Waals surface area contributed by atoms with E-state index in [1.165, 1.54) is 90.1 Å². The van der Waals surface area contributed by atoms with Crippen molar-refractivity contribution in [3.05, 3.63) is 91.5 Å². The van der Waals surface area contributed by atoms with Crippen LogP contribution in [0.2, 0.25) is 0 Å². The summed E-state index contributed by atoms with van der Waals surface area (Å²) in [6.07, 6.45) is -2.58. The monoisotopic (exact) mass is 1590 g/mol. The van der Waals surface area contributed by atoms with Crippen LogP contribution in [0, 0.1) is 18.7 Å². The second-order valence-corrected chi connectivity index (χ2v) is 28.2. The molecule has 3 aliphatic rings. The van der Waals surface area contributed by atoms with Gasteiger partial charge >= 0.3 is 12.1 Å². The number of nitrogens with two attached hydrogens (primary N) is 2. The average Bonchev–Trinajstić information content (AvgIpc) is 1.49. The Morgan fingerprint density at radius 2 is 1.18 bits per heavy atom. The Hall–Kier alpha value is -12.6. The molecular weight excluding hydrogens is 1500 g/mol. The van der Waals surface area contributed by atoms with Gasteiger partial charge in [-0.05, 0) is 85.9 Å². The molecule has 15 N–H and O–H groups in total. The molecule has 6 atom stereocenters. The number of nitrogens with one attached hydrogen (secondary N) is 10.